The Balaban J connectivity index is 1.51. The van der Waals surface area contributed by atoms with Gasteiger partial charge in [0.1, 0.15) is 11.6 Å². The van der Waals surface area contributed by atoms with Gasteiger partial charge in [0.15, 0.2) is 0 Å². The normalized spacial score (nSPS) is 18.6. The highest BCUT2D eigenvalue weighted by Crippen LogP contribution is 2.34. The predicted molar refractivity (Wildman–Crippen MR) is 118 cm³/mol. The van der Waals surface area contributed by atoms with Crippen LogP contribution in [0.5, 0.6) is 0 Å². The number of likely N-dealkylation sites (N-methyl/N-ethyl adjacent to an activating group) is 1. The Morgan fingerprint density at radius 3 is 2.37 bits per heavy atom. The molecule has 1 amide bonds. The van der Waals surface area contributed by atoms with Crippen molar-refractivity contribution >= 4 is 23.5 Å². The van der Waals surface area contributed by atoms with Crippen LogP contribution in [0.1, 0.15) is 18.5 Å². The summed E-state index contributed by atoms with van der Waals surface area (Å²) < 4.78 is 0. The van der Waals surface area contributed by atoms with Crippen molar-refractivity contribution in [3.05, 3.63) is 24.0 Å². The summed E-state index contributed by atoms with van der Waals surface area (Å²) in [6.45, 7) is 6.99. The predicted octanol–water partition coefficient (Wildman–Crippen LogP) is 1.00. The van der Waals surface area contributed by atoms with E-state index in [-0.39, 0.29) is 11.9 Å². The molecule has 2 aliphatic rings. The monoisotopic (exact) mass is 410 g/mol. The van der Waals surface area contributed by atoms with Crippen LogP contribution in [0, 0.1) is 12.8 Å². The summed E-state index contributed by atoms with van der Waals surface area (Å²) in [5.74, 6) is 1.90. The Hall–Kier alpha value is -2.94. The van der Waals surface area contributed by atoms with E-state index in [4.69, 9.17) is 11.5 Å². The number of pyridine rings is 1. The molecule has 4 heterocycles. The second-order valence-electron chi connectivity index (χ2n) is 8.23. The molecule has 4 rings (SSSR count). The lowest BCUT2D eigenvalue weighted by atomic mass is 9.94. The third kappa shape index (κ3) is 4.16. The van der Waals surface area contributed by atoms with Gasteiger partial charge in [-0.05, 0) is 38.9 Å². The van der Waals surface area contributed by atoms with Gasteiger partial charge in [-0.1, -0.05) is 0 Å². The summed E-state index contributed by atoms with van der Waals surface area (Å²) in [6.07, 6.45) is 3.37. The zero-order chi connectivity index (χ0) is 21.3. The molecule has 9 heteroatoms. The van der Waals surface area contributed by atoms with Gasteiger partial charge in [-0.2, -0.15) is 4.98 Å². The zero-order valence-corrected chi connectivity index (χ0v) is 17.7. The van der Waals surface area contributed by atoms with Gasteiger partial charge in [0.05, 0.1) is 5.69 Å². The number of aromatic nitrogens is 3. The lowest BCUT2D eigenvalue weighted by Gasteiger charge is -2.38. The Morgan fingerprint density at radius 1 is 1.03 bits per heavy atom. The number of hydrogen-bond donors (Lipinski definition) is 2. The third-order valence-electron chi connectivity index (χ3n) is 6.12. The second-order valence-corrected chi connectivity index (χ2v) is 8.23. The van der Waals surface area contributed by atoms with Gasteiger partial charge in [-0.3, -0.25) is 4.79 Å². The molecule has 2 aliphatic heterocycles. The summed E-state index contributed by atoms with van der Waals surface area (Å²) in [4.78, 5) is 32.6. The molecular formula is C21H30N8O. The SMILES string of the molecule is Cc1nc(N)nc(N2CCC(C(=O)N3CCN(C)CC3)CC2)c1-c1ccc(N)nc1. The van der Waals surface area contributed by atoms with Crippen molar-refractivity contribution in [2.45, 2.75) is 19.8 Å². The number of carbonyl (C=O) groups is 1. The van der Waals surface area contributed by atoms with Crippen molar-refractivity contribution in [3.63, 3.8) is 0 Å². The van der Waals surface area contributed by atoms with Crippen molar-refractivity contribution < 1.29 is 4.79 Å². The van der Waals surface area contributed by atoms with Gasteiger partial charge in [0, 0.05) is 62.5 Å². The van der Waals surface area contributed by atoms with E-state index < -0.39 is 0 Å². The van der Waals surface area contributed by atoms with Crippen molar-refractivity contribution in [2.24, 2.45) is 5.92 Å². The number of hydrogen-bond acceptors (Lipinski definition) is 8. The molecule has 0 atom stereocenters. The number of carbonyl (C=O) groups excluding carboxylic acids is 1. The van der Waals surface area contributed by atoms with Crippen LogP contribution in [-0.2, 0) is 4.79 Å². The molecule has 0 radical (unpaired) electrons. The third-order valence-corrected chi connectivity index (χ3v) is 6.12. The molecule has 0 bridgehead atoms. The van der Waals surface area contributed by atoms with Gasteiger partial charge in [-0.15, -0.1) is 0 Å². The maximum absolute atomic E-state index is 13.0. The molecule has 0 aliphatic carbocycles. The standard InChI is InChI=1S/C21H30N8O/c1-14-18(16-3-4-17(22)24-13-16)19(26-21(23)25-14)28-7-5-15(6-8-28)20(30)29-11-9-27(2)10-12-29/h3-4,13,15H,5-12H2,1-2H3,(H2,22,24)(H2,23,25,26). The van der Waals surface area contributed by atoms with Crippen LogP contribution in [0.25, 0.3) is 11.1 Å². The highest BCUT2D eigenvalue weighted by atomic mass is 16.2. The maximum Gasteiger partial charge on any atom is 0.225 e. The number of aryl methyl sites for hydroxylation is 1. The van der Waals surface area contributed by atoms with Crippen LogP contribution in [0.15, 0.2) is 18.3 Å². The first kappa shape index (κ1) is 20.3. The lowest BCUT2D eigenvalue weighted by Crippen LogP contribution is -2.50. The Bertz CT molecular complexity index is 900. The van der Waals surface area contributed by atoms with E-state index >= 15 is 0 Å². The Morgan fingerprint density at radius 2 is 1.73 bits per heavy atom. The Kier molecular flexibility index (Phi) is 5.72. The molecule has 160 valence electrons. The van der Waals surface area contributed by atoms with E-state index in [0.717, 1.165) is 74.7 Å². The van der Waals surface area contributed by atoms with Crippen LogP contribution in [0.3, 0.4) is 0 Å². The van der Waals surface area contributed by atoms with Gasteiger partial charge in [0.25, 0.3) is 0 Å². The van der Waals surface area contributed by atoms with Gasteiger partial charge in [-0.25, -0.2) is 9.97 Å². The average Bonchev–Trinajstić information content (AvgIpc) is 2.74. The topological polar surface area (TPSA) is 117 Å². The molecule has 2 saturated heterocycles. The van der Waals surface area contributed by atoms with E-state index in [2.05, 4.69) is 31.8 Å². The van der Waals surface area contributed by atoms with Crippen LogP contribution >= 0.6 is 0 Å². The van der Waals surface area contributed by atoms with E-state index in [0.29, 0.717) is 11.7 Å². The second kappa shape index (κ2) is 8.43. The molecule has 2 fully saturated rings. The minimum atomic E-state index is 0.0755. The number of nitrogens with zero attached hydrogens (tertiary/aromatic N) is 6. The number of rotatable bonds is 3. The van der Waals surface area contributed by atoms with Crippen LogP contribution < -0.4 is 16.4 Å². The van der Waals surface area contributed by atoms with Crippen LogP contribution in [0.2, 0.25) is 0 Å². The fourth-order valence-corrected chi connectivity index (χ4v) is 4.32. The highest BCUT2D eigenvalue weighted by Gasteiger charge is 2.31. The molecule has 2 aromatic rings. The van der Waals surface area contributed by atoms with Gasteiger partial charge < -0.3 is 26.2 Å². The Labute approximate surface area is 177 Å². The number of nitrogens with two attached hydrogens (primary N) is 2. The average molecular weight is 411 g/mol. The molecule has 9 nitrogen and oxygen atoms in total. The summed E-state index contributed by atoms with van der Waals surface area (Å²) in [5, 5.41) is 0. The fraction of sp³-hybridized carbons (Fsp3) is 0.524. The first-order chi connectivity index (χ1) is 14.4. The molecule has 0 saturated carbocycles. The number of piperazine rings is 1. The van der Waals surface area contributed by atoms with Crippen LogP contribution in [0.4, 0.5) is 17.6 Å². The molecule has 0 unspecified atom stereocenters. The first-order valence-electron chi connectivity index (χ1n) is 10.5. The van der Waals surface area contributed by atoms with Gasteiger partial charge in [0.2, 0.25) is 11.9 Å². The summed E-state index contributed by atoms with van der Waals surface area (Å²) >= 11 is 0. The number of amides is 1. The zero-order valence-electron chi connectivity index (χ0n) is 17.7. The minimum Gasteiger partial charge on any atom is -0.384 e. The quantitative estimate of drug-likeness (QED) is 0.770. The number of anilines is 3. The van der Waals surface area contributed by atoms with Crippen molar-refractivity contribution in [1.29, 1.82) is 0 Å². The summed E-state index contributed by atoms with van der Waals surface area (Å²) in [7, 11) is 2.10. The minimum absolute atomic E-state index is 0.0755. The molecule has 0 spiro atoms. The van der Waals surface area contributed by atoms with Crippen molar-refractivity contribution in [2.75, 3.05) is 62.7 Å². The van der Waals surface area contributed by atoms with Crippen LogP contribution in [-0.4, -0.2) is 77.0 Å². The van der Waals surface area contributed by atoms with Gasteiger partial charge >= 0.3 is 0 Å². The van der Waals surface area contributed by atoms with E-state index in [1.54, 1.807) is 12.3 Å². The highest BCUT2D eigenvalue weighted by molar-refractivity contribution is 5.81. The first-order valence-corrected chi connectivity index (χ1v) is 10.5. The van der Waals surface area contributed by atoms with E-state index in [9.17, 15) is 4.79 Å². The summed E-state index contributed by atoms with van der Waals surface area (Å²) in [6, 6.07) is 3.70. The van der Waals surface area contributed by atoms with Crippen molar-refractivity contribution in [1.82, 2.24) is 24.8 Å². The van der Waals surface area contributed by atoms with Crippen molar-refractivity contribution in [3.8, 4) is 11.1 Å². The molecule has 4 N–H and O–H groups in total. The number of nitrogen functional groups attached to an aromatic ring is 2. The largest absolute Gasteiger partial charge is 0.384 e. The fourth-order valence-electron chi connectivity index (χ4n) is 4.32. The molecule has 2 aromatic heterocycles. The lowest BCUT2D eigenvalue weighted by molar-refractivity contribution is -0.137. The molecule has 30 heavy (non-hydrogen) atoms. The molecule has 0 aromatic carbocycles. The van der Waals surface area contributed by atoms with E-state index in [1.165, 1.54) is 0 Å². The molecular weight excluding hydrogens is 380 g/mol. The van der Waals surface area contributed by atoms with E-state index in [1.807, 2.05) is 17.9 Å². The number of piperidine rings is 1. The maximum atomic E-state index is 13.0. The smallest absolute Gasteiger partial charge is 0.225 e. The summed E-state index contributed by atoms with van der Waals surface area (Å²) in [5.41, 5.74) is 14.4.